The fourth-order valence-electron chi connectivity index (χ4n) is 2.36. The van der Waals surface area contributed by atoms with E-state index >= 15 is 0 Å². The van der Waals surface area contributed by atoms with E-state index in [0.717, 1.165) is 16.6 Å². The Bertz CT molecular complexity index is 965. The van der Waals surface area contributed by atoms with Gasteiger partial charge in [0.2, 0.25) is 0 Å². The summed E-state index contributed by atoms with van der Waals surface area (Å²) in [5.74, 6) is -1.53. The van der Waals surface area contributed by atoms with Crippen LogP contribution < -0.4 is 10.6 Å². The minimum atomic E-state index is -0.773. The molecule has 24 heavy (non-hydrogen) atoms. The number of carbonyl (C=O) groups is 2. The number of benzene rings is 2. The number of aryl methyl sites for hydroxylation is 1. The molecule has 118 valence electrons. The zero-order chi connectivity index (χ0) is 17.1. The van der Waals surface area contributed by atoms with E-state index in [0.29, 0.717) is 16.9 Å². The van der Waals surface area contributed by atoms with Gasteiger partial charge in [0.25, 0.3) is 0 Å². The summed E-state index contributed by atoms with van der Waals surface area (Å²) in [5, 5.41) is 14.7. The van der Waals surface area contributed by atoms with Crippen LogP contribution in [0.4, 0.5) is 11.4 Å². The number of hydrogen-bond acceptors (Lipinski definition) is 3. The van der Waals surface area contributed by atoms with Crippen molar-refractivity contribution < 1.29 is 9.59 Å². The Labute approximate surface area is 138 Å². The number of aromatic amines is 1. The molecule has 3 aromatic rings. The van der Waals surface area contributed by atoms with Crippen LogP contribution in [0.25, 0.3) is 10.9 Å². The van der Waals surface area contributed by atoms with E-state index in [9.17, 15) is 9.59 Å². The first-order valence-corrected chi connectivity index (χ1v) is 7.27. The van der Waals surface area contributed by atoms with Crippen LogP contribution in [0, 0.1) is 18.3 Å². The third-order valence-corrected chi connectivity index (χ3v) is 3.49. The molecule has 6 nitrogen and oxygen atoms in total. The van der Waals surface area contributed by atoms with Crippen LogP contribution in [0.2, 0.25) is 0 Å². The largest absolute Gasteiger partial charge is 0.359 e. The molecule has 0 saturated carbocycles. The summed E-state index contributed by atoms with van der Waals surface area (Å²) in [6.07, 6.45) is 0. The van der Waals surface area contributed by atoms with Gasteiger partial charge in [0.1, 0.15) is 0 Å². The van der Waals surface area contributed by atoms with Crippen LogP contribution in [-0.2, 0) is 9.59 Å². The molecule has 0 aliphatic carbocycles. The van der Waals surface area contributed by atoms with Gasteiger partial charge < -0.3 is 15.6 Å². The number of nitrogens with one attached hydrogen (secondary N) is 3. The molecular weight excluding hydrogens is 304 g/mol. The Morgan fingerprint density at radius 3 is 2.25 bits per heavy atom. The standard InChI is InChI=1S/C18H14N4O2/c1-11-8-13-9-15(6-7-16(13)20-11)22-18(24)17(23)21-14-4-2-12(10-19)3-5-14/h2-9,20H,1H3,(H,21,23)(H,22,24). The number of aromatic nitrogens is 1. The van der Waals surface area contributed by atoms with Crippen molar-refractivity contribution in [3.63, 3.8) is 0 Å². The van der Waals surface area contributed by atoms with E-state index < -0.39 is 11.8 Å². The molecule has 1 aromatic heterocycles. The Balaban J connectivity index is 1.68. The van der Waals surface area contributed by atoms with Gasteiger partial charge in [0, 0.05) is 28.0 Å². The lowest BCUT2D eigenvalue weighted by molar-refractivity contribution is -0.132. The molecule has 2 amide bonds. The summed E-state index contributed by atoms with van der Waals surface area (Å²) in [4.78, 5) is 27.1. The summed E-state index contributed by atoms with van der Waals surface area (Å²) in [5.41, 5.74) is 3.46. The molecule has 3 rings (SSSR count). The molecule has 2 aromatic carbocycles. The molecule has 1 heterocycles. The van der Waals surface area contributed by atoms with Gasteiger partial charge in [-0.05, 0) is 55.5 Å². The SMILES string of the molecule is Cc1cc2cc(NC(=O)C(=O)Nc3ccc(C#N)cc3)ccc2[nH]1. The van der Waals surface area contributed by atoms with E-state index in [1.807, 2.05) is 25.1 Å². The molecule has 0 unspecified atom stereocenters. The predicted octanol–water partition coefficient (Wildman–Crippen LogP) is 2.93. The second-order valence-corrected chi connectivity index (χ2v) is 5.35. The summed E-state index contributed by atoms with van der Waals surface area (Å²) in [6, 6.07) is 15.6. The zero-order valence-corrected chi connectivity index (χ0v) is 12.9. The van der Waals surface area contributed by atoms with Crippen molar-refractivity contribution in [2.24, 2.45) is 0 Å². The average molecular weight is 318 g/mol. The number of anilines is 2. The molecule has 0 radical (unpaired) electrons. The number of hydrogen-bond donors (Lipinski definition) is 3. The van der Waals surface area contributed by atoms with Crippen molar-refractivity contribution in [3.8, 4) is 6.07 Å². The Kier molecular flexibility index (Phi) is 4.00. The fraction of sp³-hybridized carbons (Fsp3) is 0.0556. The minimum Gasteiger partial charge on any atom is -0.359 e. The summed E-state index contributed by atoms with van der Waals surface area (Å²) in [7, 11) is 0. The smallest absolute Gasteiger partial charge is 0.314 e. The molecular formula is C18H14N4O2. The molecule has 0 fully saturated rings. The number of H-pyrrole nitrogens is 1. The van der Waals surface area contributed by atoms with E-state index in [4.69, 9.17) is 5.26 Å². The Hall–Kier alpha value is -3.59. The lowest BCUT2D eigenvalue weighted by Gasteiger charge is -2.07. The van der Waals surface area contributed by atoms with Crippen molar-refractivity contribution >= 4 is 34.1 Å². The maximum Gasteiger partial charge on any atom is 0.314 e. The highest BCUT2D eigenvalue weighted by Crippen LogP contribution is 2.19. The lowest BCUT2D eigenvalue weighted by Crippen LogP contribution is -2.29. The zero-order valence-electron chi connectivity index (χ0n) is 12.9. The average Bonchev–Trinajstić information content (AvgIpc) is 2.94. The highest BCUT2D eigenvalue weighted by Gasteiger charge is 2.14. The van der Waals surface area contributed by atoms with Gasteiger partial charge in [0.15, 0.2) is 0 Å². The van der Waals surface area contributed by atoms with Gasteiger partial charge in [-0.3, -0.25) is 9.59 Å². The summed E-state index contributed by atoms with van der Waals surface area (Å²) in [6.45, 7) is 1.95. The van der Waals surface area contributed by atoms with Crippen molar-refractivity contribution in [3.05, 3.63) is 59.8 Å². The first-order chi connectivity index (χ1) is 11.5. The van der Waals surface area contributed by atoms with Crippen LogP contribution in [-0.4, -0.2) is 16.8 Å². The third-order valence-electron chi connectivity index (χ3n) is 3.49. The van der Waals surface area contributed by atoms with E-state index in [-0.39, 0.29) is 0 Å². The normalized spacial score (nSPS) is 10.2. The van der Waals surface area contributed by atoms with E-state index in [1.54, 1.807) is 36.4 Å². The number of amides is 2. The van der Waals surface area contributed by atoms with Gasteiger partial charge in [0.05, 0.1) is 11.6 Å². The lowest BCUT2D eigenvalue weighted by atomic mass is 10.2. The maximum absolute atomic E-state index is 12.0. The van der Waals surface area contributed by atoms with Crippen LogP contribution in [0.3, 0.4) is 0 Å². The van der Waals surface area contributed by atoms with Gasteiger partial charge in [-0.25, -0.2) is 0 Å². The molecule has 0 spiro atoms. The van der Waals surface area contributed by atoms with Crippen LogP contribution in [0.5, 0.6) is 0 Å². The molecule has 0 atom stereocenters. The molecule has 0 saturated heterocycles. The van der Waals surface area contributed by atoms with Crippen LogP contribution in [0.15, 0.2) is 48.5 Å². The van der Waals surface area contributed by atoms with Gasteiger partial charge in [-0.2, -0.15) is 5.26 Å². The predicted molar refractivity (Wildman–Crippen MR) is 91.5 cm³/mol. The number of nitriles is 1. The molecule has 0 aliphatic heterocycles. The second kappa shape index (κ2) is 6.26. The third kappa shape index (κ3) is 3.25. The first kappa shape index (κ1) is 15.3. The molecule has 6 heteroatoms. The first-order valence-electron chi connectivity index (χ1n) is 7.27. The highest BCUT2D eigenvalue weighted by atomic mass is 16.2. The second-order valence-electron chi connectivity index (χ2n) is 5.35. The highest BCUT2D eigenvalue weighted by molar-refractivity contribution is 6.43. The molecule has 3 N–H and O–H groups in total. The fourth-order valence-corrected chi connectivity index (χ4v) is 2.36. The number of rotatable bonds is 2. The monoisotopic (exact) mass is 318 g/mol. The van der Waals surface area contributed by atoms with Crippen molar-refractivity contribution in [1.82, 2.24) is 4.98 Å². The Morgan fingerprint density at radius 1 is 0.958 bits per heavy atom. The topological polar surface area (TPSA) is 97.8 Å². The van der Waals surface area contributed by atoms with Gasteiger partial charge in [-0.1, -0.05) is 0 Å². The van der Waals surface area contributed by atoms with E-state index in [1.165, 1.54) is 0 Å². The van der Waals surface area contributed by atoms with Crippen LogP contribution in [0.1, 0.15) is 11.3 Å². The quantitative estimate of drug-likeness (QED) is 0.634. The Morgan fingerprint density at radius 2 is 1.58 bits per heavy atom. The van der Waals surface area contributed by atoms with Crippen molar-refractivity contribution in [2.45, 2.75) is 6.92 Å². The van der Waals surface area contributed by atoms with Crippen molar-refractivity contribution in [1.29, 1.82) is 5.26 Å². The van der Waals surface area contributed by atoms with E-state index in [2.05, 4.69) is 15.6 Å². The van der Waals surface area contributed by atoms with Gasteiger partial charge in [-0.15, -0.1) is 0 Å². The maximum atomic E-state index is 12.0. The van der Waals surface area contributed by atoms with Crippen LogP contribution >= 0.6 is 0 Å². The number of nitrogens with zero attached hydrogens (tertiary/aromatic N) is 1. The summed E-state index contributed by atoms with van der Waals surface area (Å²) >= 11 is 0. The van der Waals surface area contributed by atoms with Gasteiger partial charge >= 0.3 is 11.8 Å². The number of fused-ring (bicyclic) bond motifs is 1. The van der Waals surface area contributed by atoms with Crippen molar-refractivity contribution in [2.75, 3.05) is 10.6 Å². The summed E-state index contributed by atoms with van der Waals surface area (Å²) < 4.78 is 0. The molecule has 0 bridgehead atoms. The molecule has 0 aliphatic rings. The minimum absolute atomic E-state index is 0.450. The number of carbonyl (C=O) groups excluding carboxylic acids is 2.